The first-order chi connectivity index (χ1) is 9.19. The van der Waals surface area contributed by atoms with Gasteiger partial charge in [-0.1, -0.05) is 6.08 Å². The Kier molecular flexibility index (Phi) is 3.19. The van der Waals surface area contributed by atoms with Crippen LogP contribution in [0.2, 0.25) is 0 Å². The fraction of sp³-hybridized carbons (Fsp3) is 0.533. The van der Waals surface area contributed by atoms with Gasteiger partial charge in [0, 0.05) is 31.6 Å². The van der Waals surface area contributed by atoms with Crippen LogP contribution in [0.1, 0.15) is 24.4 Å². The molecule has 0 aliphatic carbocycles. The Morgan fingerprint density at radius 1 is 1.47 bits per heavy atom. The van der Waals surface area contributed by atoms with Crippen LogP contribution in [0.4, 0.5) is 0 Å². The van der Waals surface area contributed by atoms with Gasteiger partial charge in [-0.3, -0.25) is 9.69 Å². The molecule has 1 aromatic heterocycles. The summed E-state index contributed by atoms with van der Waals surface area (Å²) in [5.74, 6) is 2.20. The number of carbonyl (C=O) groups is 1. The Morgan fingerprint density at radius 3 is 3.00 bits per heavy atom. The number of amides is 1. The van der Waals surface area contributed by atoms with Crippen LogP contribution in [0.15, 0.2) is 29.2 Å². The normalized spacial score (nSPS) is 27.0. The maximum absolute atomic E-state index is 12.0. The zero-order valence-electron chi connectivity index (χ0n) is 11.3. The molecule has 0 bridgehead atoms. The van der Waals surface area contributed by atoms with Gasteiger partial charge in [-0.05, 0) is 25.5 Å². The molecule has 2 aliphatic rings. The van der Waals surface area contributed by atoms with Gasteiger partial charge in [-0.25, -0.2) is 0 Å². The molecule has 0 N–H and O–H groups in total. The highest BCUT2D eigenvalue weighted by Crippen LogP contribution is 2.33. The van der Waals surface area contributed by atoms with Crippen molar-refractivity contribution >= 4 is 5.91 Å². The third-order valence-corrected chi connectivity index (χ3v) is 4.21. The lowest BCUT2D eigenvalue weighted by Gasteiger charge is -2.24. The van der Waals surface area contributed by atoms with E-state index in [-0.39, 0.29) is 5.91 Å². The molecule has 0 aromatic carbocycles. The van der Waals surface area contributed by atoms with E-state index in [1.54, 1.807) is 0 Å². The first-order valence-corrected chi connectivity index (χ1v) is 6.89. The summed E-state index contributed by atoms with van der Waals surface area (Å²) in [4.78, 5) is 16.4. The lowest BCUT2D eigenvalue weighted by atomic mass is 10.1. The highest BCUT2D eigenvalue weighted by molar-refractivity contribution is 5.80. The van der Waals surface area contributed by atoms with Crippen molar-refractivity contribution < 1.29 is 9.21 Å². The van der Waals surface area contributed by atoms with Crippen molar-refractivity contribution in [3.8, 4) is 0 Å². The maximum atomic E-state index is 12.0. The minimum absolute atomic E-state index is 0.259. The van der Waals surface area contributed by atoms with Crippen LogP contribution >= 0.6 is 0 Å². The quantitative estimate of drug-likeness (QED) is 0.776. The molecule has 4 heteroatoms. The molecule has 19 heavy (non-hydrogen) atoms. The van der Waals surface area contributed by atoms with Crippen molar-refractivity contribution in [1.29, 1.82) is 0 Å². The molecular weight excluding hydrogens is 240 g/mol. The van der Waals surface area contributed by atoms with Crippen LogP contribution in [0.5, 0.6) is 0 Å². The molecular formula is C15H20N2O2. The number of carbonyl (C=O) groups excluding carboxylic acids is 1. The number of aryl methyl sites for hydroxylation is 1. The predicted molar refractivity (Wildman–Crippen MR) is 72.6 cm³/mol. The van der Waals surface area contributed by atoms with Crippen LogP contribution in [0.3, 0.4) is 0 Å². The Balaban J connectivity index is 1.70. The van der Waals surface area contributed by atoms with E-state index >= 15 is 0 Å². The van der Waals surface area contributed by atoms with E-state index in [2.05, 4.69) is 11.5 Å². The van der Waals surface area contributed by atoms with E-state index in [0.717, 1.165) is 31.0 Å². The van der Waals surface area contributed by atoms with E-state index in [4.69, 9.17) is 4.42 Å². The van der Waals surface area contributed by atoms with Crippen LogP contribution in [-0.2, 0) is 11.3 Å². The minimum atomic E-state index is 0.259. The summed E-state index contributed by atoms with van der Waals surface area (Å²) in [7, 11) is 0. The molecule has 0 unspecified atom stereocenters. The predicted octanol–water partition coefficient (Wildman–Crippen LogP) is 1.95. The molecule has 3 rings (SSSR count). The zero-order chi connectivity index (χ0) is 13.4. The summed E-state index contributed by atoms with van der Waals surface area (Å²) in [5.41, 5.74) is 0. The van der Waals surface area contributed by atoms with Crippen LogP contribution in [-0.4, -0.2) is 40.9 Å². The van der Waals surface area contributed by atoms with Gasteiger partial charge in [-0.2, -0.15) is 0 Å². The number of hydrogen-bond acceptors (Lipinski definition) is 3. The van der Waals surface area contributed by atoms with Crippen molar-refractivity contribution in [2.75, 3.05) is 13.1 Å². The molecule has 1 amide bonds. The second-order valence-corrected chi connectivity index (χ2v) is 5.45. The van der Waals surface area contributed by atoms with Crippen molar-refractivity contribution in [3.63, 3.8) is 0 Å². The highest BCUT2D eigenvalue weighted by Gasteiger charge is 2.46. The second-order valence-electron chi connectivity index (χ2n) is 5.45. The van der Waals surface area contributed by atoms with Crippen molar-refractivity contribution in [1.82, 2.24) is 9.80 Å². The van der Waals surface area contributed by atoms with Crippen molar-refractivity contribution in [3.05, 3.63) is 36.3 Å². The number of fused-ring (bicyclic) bond motifs is 1. The Hall–Kier alpha value is -1.55. The lowest BCUT2D eigenvalue weighted by Crippen LogP contribution is -2.37. The summed E-state index contributed by atoms with van der Waals surface area (Å²) < 4.78 is 5.64. The first kappa shape index (κ1) is 12.5. The summed E-state index contributed by atoms with van der Waals surface area (Å²) in [6.45, 7) is 8.22. The van der Waals surface area contributed by atoms with Gasteiger partial charge in [-0.15, -0.1) is 6.58 Å². The third kappa shape index (κ3) is 2.21. The van der Waals surface area contributed by atoms with Crippen LogP contribution in [0, 0.1) is 6.92 Å². The third-order valence-electron chi connectivity index (χ3n) is 4.21. The van der Waals surface area contributed by atoms with Crippen molar-refractivity contribution in [2.24, 2.45) is 0 Å². The molecule has 4 nitrogen and oxygen atoms in total. The van der Waals surface area contributed by atoms with Gasteiger partial charge in [0.25, 0.3) is 0 Å². The van der Waals surface area contributed by atoms with Gasteiger partial charge in [0.2, 0.25) is 5.91 Å². The fourth-order valence-electron chi connectivity index (χ4n) is 3.35. The zero-order valence-corrected chi connectivity index (χ0v) is 11.3. The van der Waals surface area contributed by atoms with Crippen LogP contribution < -0.4 is 0 Å². The monoisotopic (exact) mass is 260 g/mol. The van der Waals surface area contributed by atoms with Gasteiger partial charge < -0.3 is 9.32 Å². The number of likely N-dealkylation sites (tertiary alicyclic amines) is 2. The van der Waals surface area contributed by atoms with Crippen LogP contribution in [0.25, 0.3) is 0 Å². The minimum Gasteiger partial charge on any atom is -0.465 e. The van der Waals surface area contributed by atoms with Gasteiger partial charge in [0.05, 0.1) is 6.54 Å². The molecule has 2 fully saturated rings. The lowest BCUT2D eigenvalue weighted by molar-refractivity contribution is -0.128. The average molecular weight is 260 g/mol. The van der Waals surface area contributed by atoms with Gasteiger partial charge in [0.15, 0.2) is 0 Å². The SMILES string of the molecule is C=CCN1C(=O)C[C@@H]2[C@@H]1CCN2Cc1ccc(C)o1. The first-order valence-electron chi connectivity index (χ1n) is 6.89. The standard InChI is InChI=1S/C15H20N2O2/c1-3-7-17-13-6-8-16(14(13)9-15(17)18)10-12-5-4-11(2)19-12/h3-5,13-14H,1,6-10H2,2H3/t13-,14+/m0/s1. The van der Waals surface area contributed by atoms with Gasteiger partial charge in [0.1, 0.15) is 11.5 Å². The van der Waals surface area contributed by atoms with E-state index in [9.17, 15) is 4.79 Å². The molecule has 1 aromatic rings. The molecule has 2 saturated heterocycles. The number of hydrogen-bond donors (Lipinski definition) is 0. The molecule has 0 radical (unpaired) electrons. The Labute approximate surface area is 113 Å². The fourth-order valence-corrected chi connectivity index (χ4v) is 3.35. The molecule has 2 atom stereocenters. The average Bonchev–Trinajstić information content (AvgIpc) is 3.02. The number of furan rings is 1. The summed E-state index contributed by atoms with van der Waals surface area (Å²) in [6.07, 6.45) is 3.51. The topological polar surface area (TPSA) is 36.7 Å². The van der Waals surface area contributed by atoms with E-state index in [0.29, 0.717) is 25.0 Å². The maximum Gasteiger partial charge on any atom is 0.224 e. The Morgan fingerprint density at radius 2 is 2.32 bits per heavy atom. The Bertz CT molecular complexity index is 494. The second kappa shape index (κ2) is 4.85. The van der Waals surface area contributed by atoms with E-state index in [1.807, 2.05) is 30.0 Å². The summed E-state index contributed by atoms with van der Waals surface area (Å²) in [5, 5.41) is 0. The largest absolute Gasteiger partial charge is 0.465 e. The molecule has 0 saturated carbocycles. The number of nitrogens with zero attached hydrogens (tertiary/aromatic N) is 2. The molecule has 3 heterocycles. The van der Waals surface area contributed by atoms with Gasteiger partial charge >= 0.3 is 0 Å². The highest BCUT2D eigenvalue weighted by atomic mass is 16.3. The summed E-state index contributed by atoms with van der Waals surface area (Å²) >= 11 is 0. The summed E-state index contributed by atoms with van der Waals surface area (Å²) in [6, 6.07) is 4.73. The molecule has 102 valence electrons. The smallest absolute Gasteiger partial charge is 0.224 e. The molecule has 2 aliphatic heterocycles. The number of rotatable bonds is 4. The van der Waals surface area contributed by atoms with E-state index in [1.165, 1.54) is 0 Å². The molecule has 0 spiro atoms. The van der Waals surface area contributed by atoms with E-state index < -0.39 is 0 Å². The van der Waals surface area contributed by atoms with Crippen molar-refractivity contribution in [2.45, 2.75) is 38.4 Å².